The number of amides is 1. The summed E-state index contributed by atoms with van der Waals surface area (Å²) < 4.78 is 19.8. The average Bonchev–Trinajstić information content (AvgIpc) is 2.73. The molecule has 1 aromatic carbocycles. The molecule has 0 aliphatic heterocycles. The number of nitrogens with zero attached hydrogens (tertiary/aromatic N) is 2. The van der Waals surface area contributed by atoms with Crippen molar-refractivity contribution >= 4 is 18.3 Å². The van der Waals surface area contributed by atoms with Gasteiger partial charge in [-0.2, -0.15) is 5.10 Å². The highest BCUT2D eigenvalue weighted by Gasteiger charge is 2.16. The summed E-state index contributed by atoms with van der Waals surface area (Å²) in [5.41, 5.74) is 6.66. The molecule has 1 amide bonds. The Labute approximate surface area is 121 Å². The molecule has 7 heteroatoms. The number of primary amides is 1. The first-order valence-electron chi connectivity index (χ1n) is 5.81. The minimum Gasteiger partial charge on any atom is -0.490 e. The summed E-state index contributed by atoms with van der Waals surface area (Å²) in [4.78, 5) is 11.3. The van der Waals surface area contributed by atoms with E-state index in [1.165, 1.54) is 16.8 Å². The van der Waals surface area contributed by atoms with Crippen LogP contribution in [0.3, 0.4) is 0 Å². The molecule has 0 bridgehead atoms. The van der Waals surface area contributed by atoms with Crippen LogP contribution in [0, 0.1) is 12.7 Å². The quantitative estimate of drug-likeness (QED) is 0.941. The van der Waals surface area contributed by atoms with Gasteiger partial charge in [-0.05, 0) is 37.6 Å². The van der Waals surface area contributed by atoms with Gasteiger partial charge in [-0.1, -0.05) is 0 Å². The van der Waals surface area contributed by atoms with E-state index in [4.69, 9.17) is 10.5 Å². The Morgan fingerprint density at radius 1 is 1.50 bits per heavy atom. The van der Waals surface area contributed by atoms with Crippen LogP contribution in [0.1, 0.15) is 23.0 Å². The van der Waals surface area contributed by atoms with Gasteiger partial charge < -0.3 is 10.5 Å². The number of hydrogen-bond donors (Lipinski definition) is 1. The molecule has 2 N–H and O–H groups in total. The summed E-state index contributed by atoms with van der Waals surface area (Å²) in [6.45, 7) is 3.95. The van der Waals surface area contributed by atoms with Crippen molar-refractivity contribution in [2.45, 2.75) is 13.8 Å². The zero-order chi connectivity index (χ0) is 14.0. The molecule has 108 valence electrons. The van der Waals surface area contributed by atoms with Crippen molar-refractivity contribution in [3.63, 3.8) is 0 Å². The number of aryl methyl sites for hydroxylation is 1. The topological polar surface area (TPSA) is 70.1 Å². The second-order valence-electron chi connectivity index (χ2n) is 4.01. The van der Waals surface area contributed by atoms with E-state index in [0.717, 1.165) is 0 Å². The highest BCUT2D eigenvalue weighted by atomic mass is 35.5. The Balaban J connectivity index is 0.00000200. The number of ether oxygens (including phenoxy) is 1. The van der Waals surface area contributed by atoms with Gasteiger partial charge in [0.1, 0.15) is 5.82 Å². The van der Waals surface area contributed by atoms with E-state index < -0.39 is 5.91 Å². The van der Waals surface area contributed by atoms with Gasteiger partial charge in [0.25, 0.3) is 5.91 Å². The number of hydrogen-bond acceptors (Lipinski definition) is 3. The predicted octanol–water partition coefficient (Wildman–Crippen LogP) is 2.24. The Hall–Kier alpha value is -2.08. The molecule has 0 aliphatic rings. The monoisotopic (exact) mass is 299 g/mol. The maximum absolute atomic E-state index is 13.1. The van der Waals surface area contributed by atoms with Gasteiger partial charge >= 0.3 is 0 Å². The molecule has 1 aromatic heterocycles. The van der Waals surface area contributed by atoms with Crippen LogP contribution in [0.4, 0.5) is 4.39 Å². The number of halogens is 2. The van der Waals surface area contributed by atoms with E-state index in [9.17, 15) is 9.18 Å². The Morgan fingerprint density at radius 3 is 2.75 bits per heavy atom. The SMILES string of the molecule is CCOc1cn(-c2ccc(F)cc2C)nc1C(N)=O.Cl. The van der Waals surface area contributed by atoms with E-state index in [1.54, 1.807) is 26.1 Å². The van der Waals surface area contributed by atoms with Crippen LogP contribution in [0.25, 0.3) is 5.69 Å². The van der Waals surface area contributed by atoms with Gasteiger partial charge in [0.15, 0.2) is 11.4 Å². The second-order valence-corrected chi connectivity index (χ2v) is 4.01. The molecule has 2 aromatic rings. The van der Waals surface area contributed by atoms with E-state index in [1.807, 2.05) is 0 Å². The number of rotatable bonds is 4. The van der Waals surface area contributed by atoms with Crippen molar-refractivity contribution in [2.24, 2.45) is 5.73 Å². The smallest absolute Gasteiger partial charge is 0.273 e. The van der Waals surface area contributed by atoms with Gasteiger partial charge in [0.2, 0.25) is 0 Å². The summed E-state index contributed by atoms with van der Waals surface area (Å²) in [7, 11) is 0. The molecule has 1 heterocycles. The molecule has 0 unspecified atom stereocenters. The van der Waals surface area contributed by atoms with Crippen molar-refractivity contribution in [1.82, 2.24) is 9.78 Å². The zero-order valence-corrected chi connectivity index (χ0v) is 11.9. The number of aromatic nitrogens is 2. The third kappa shape index (κ3) is 3.08. The lowest BCUT2D eigenvalue weighted by Gasteiger charge is -2.05. The molecule has 2 rings (SSSR count). The fourth-order valence-electron chi connectivity index (χ4n) is 1.79. The van der Waals surface area contributed by atoms with Crippen molar-refractivity contribution in [3.8, 4) is 11.4 Å². The van der Waals surface area contributed by atoms with E-state index in [0.29, 0.717) is 23.6 Å². The standard InChI is InChI=1S/C13H14FN3O2.ClH/c1-3-19-11-7-17(16-12(11)13(15)18)10-5-4-9(14)6-8(10)2;/h4-7H,3H2,1-2H3,(H2,15,18);1H. The molecular weight excluding hydrogens is 285 g/mol. The normalized spacial score (nSPS) is 9.95. The number of nitrogens with two attached hydrogens (primary N) is 1. The van der Waals surface area contributed by atoms with E-state index in [-0.39, 0.29) is 23.9 Å². The molecule has 0 radical (unpaired) electrons. The third-order valence-electron chi connectivity index (χ3n) is 2.62. The van der Waals surface area contributed by atoms with Gasteiger partial charge in [0, 0.05) is 0 Å². The first-order chi connectivity index (χ1) is 9.02. The van der Waals surface area contributed by atoms with Crippen molar-refractivity contribution in [1.29, 1.82) is 0 Å². The zero-order valence-electron chi connectivity index (χ0n) is 11.1. The minimum atomic E-state index is -0.665. The summed E-state index contributed by atoms with van der Waals surface area (Å²) in [5.74, 6) is -0.672. The highest BCUT2D eigenvalue weighted by molar-refractivity contribution is 5.93. The first-order valence-corrected chi connectivity index (χ1v) is 5.81. The lowest BCUT2D eigenvalue weighted by molar-refractivity contribution is 0.0991. The van der Waals surface area contributed by atoms with Crippen LogP contribution >= 0.6 is 12.4 Å². The predicted molar refractivity (Wildman–Crippen MR) is 75.2 cm³/mol. The van der Waals surface area contributed by atoms with Crippen LogP contribution in [0.15, 0.2) is 24.4 Å². The van der Waals surface area contributed by atoms with Gasteiger partial charge in [-0.25, -0.2) is 9.07 Å². The Bertz CT molecular complexity index is 628. The molecule has 20 heavy (non-hydrogen) atoms. The minimum absolute atomic E-state index is 0. The lowest BCUT2D eigenvalue weighted by atomic mass is 10.2. The lowest BCUT2D eigenvalue weighted by Crippen LogP contribution is -2.14. The maximum Gasteiger partial charge on any atom is 0.273 e. The van der Waals surface area contributed by atoms with E-state index >= 15 is 0 Å². The largest absolute Gasteiger partial charge is 0.490 e. The highest BCUT2D eigenvalue weighted by Crippen LogP contribution is 2.21. The van der Waals surface area contributed by atoms with E-state index in [2.05, 4.69) is 5.10 Å². The van der Waals surface area contributed by atoms with Crippen LogP contribution < -0.4 is 10.5 Å². The Kier molecular flexibility index (Phi) is 5.10. The molecule has 0 saturated heterocycles. The molecule has 0 fully saturated rings. The molecule has 5 nitrogen and oxygen atoms in total. The van der Waals surface area contributed by atoms with Crippen LogP contribution in [0.2, 0.25) is 0 Å². The third-order valence-corrected chi connectivity index (χ3v) is 2.62. The van der Waals surface area contributed by atoms with Gasteiger partial charge in [0.05, 0.1) is 18.5 Å². The molecule has 0 saturated carbocycles. The van der Waals surface area contributed by atoms with Crippen molar-refractivity contribution in [3.05, 3.63) is 41.5 Å². The molecule has 0 atom stereocenters. The Morgan fingerprint density at radius 2 is 2.20 bits per heavy atom. The fraction of sp³-hybridized carbons (Fsp3) is 0.231. The van der Waals surface area contributed by atoms with Crippen molar-refractivity contribution < 1.29 is 13.9 Å². The molecular formula is C13H15ClFN3O2. The first kappa shape index (κ1) is 16.0. The second kappa shape index (κ2) is 6.38. The fourth-order valence-corrected chi connectivity index (χ4v) is 1.79. The average molecular weight is 300 g/mol. The van der Waals surface area contributed by atoms with Crippen LogP contribution in [-0.4, -0.2) is 22.3 Å². The summed E-state index contributed by atoms with van der Waals surface area (Å²) >= 11 is 0. The number of benzene rings is 1. The van der Waals surface area contributed by atoms with Crippen LogP contribution in [0.5, 0.6) is 5.75 Å². The number of carbonyl (C=O) groups excluding carboxylic acids is 1. The summed E-state index contributed by atoms with van der Waals surface area (Å²) in [6, 6.07) is 4.30. The maximum atomic E-state index is 13.1. The van der Waals surface area contributed by atoms with Gasteiger partial charge in [-0.15, -0.1) is 12.4 Å². The summed E-state index contributed by atoms with van der Waals surface area (Å²) in [6.07, 6.45) is 1.56. The summed E-state index contributed by atoms with van der Waals surface area (Å²) in [5, 5.41) is 4.08. The van der Waals surface area contributed by atoms with Crippen molar-refractivity contribution in [2.75, 3.05) is 6.61 Å². The van der Waals surface area contributed by atoms with Crippen LogP contribution in [-0.2, 0) is 0 Å². The molecule has 0 aliphatic carbocycles. The van der Waals surface area contributed by atoms with Gasteiger partial charge in [-0.3, -0.25) is 4.79 Å². The molecule has 0 spiro atoms. The number of carbonyl (C=O) groups is 1.